The number of benzene rings is 1. The molecule has 5 heteroatoms. The molecular weight excluding hydrogens is 297 g/mol. The number of hydrogen-bond donors (Lipinski definition) is 1. The highest BCUT2D eigenvalue weighted by atomic mass is 79.9. The number of rotatable bonds is 4. The molecule has 0 amide bonds. The van der Waals surface area contributed by atoms with Crippen molar-refractivity contribution in [1.82, 2.24) is 9.78 Å². The minimum atomic E-state index is -0.519. The van der Waals surface area contributed by atoms with E-state index in [0.29, 0.717) is 10.0 Å². The molecule has 0 fully saturated rings. The van der Waals surface area contributed by atoms with Crippen LogP contribution < -0.4 is 5.73 Å². The van der Waals surface area contributed by atoms with Crippen LogP contribution in [0.15, 0.2) is 34.9 Å². The van der Waals surface area contributed by atoms with Gasteiger partial charge in [-0.15, -0.1) is 0 Å². The van der Waals surface area contributed by atoms with Gasteiger partial charge in [0.2, 0.25) is 0 Å². The number of nitrogens with zero attached hydrogens (tertiary/aromatic N) is 2. The lowest BCUT2D eigenvalue weighted by Crippen LogP contribution is -2.19. The van der Waals surface area contributed by atoms with E-state index in [0.717, 1.165) is 18.7 Å². The van der Waals surface area contributed by atoms with E-state index in [4.69, 9.17) is 5.73 Å². The first kappa shape index (κ1) is 13.2. The van der Waals surface area contributed by atoms with Gasteiger partial charge in [0.25, 0.3) is 0 Å². The summed E-state index contributed by atoms with van der Waals surface area (Å²) in [6.07, 6.45) is 2.65. The van der Waals surface area contributed by atoms with Gasteiger partial charge in [-0.2, -0.15) is 5.10 Å². The molecular formula is C13H15BrFN3. The molecule has 1 aromatic carbocycles. The maximum Gasteiger partial charge on any atom is 0.129 e. The summed E-state index contributed by atoms with van der Waals surface area (Å²) in [6.45, 7) is 2.85. The van der Waals surface area contributed by atoms with Crippen LogP contribution in [-0.2, 0) is 6.54 Å². The number of hydrogen-bond acceptors (Lipinski definition) is 2. The van der Waals surface area contributed by atoms with Crippen LogP contribution in [0.5, 0.6) is 0 Å². The number of aryl methyl sites for hydroxylation is 1. The van der Waals surface area contributed by atoms with Crippen molar-refractivity contribution in [3.63, 3.8) is 0 Å². The van der Waals surface area contributed by atoms with Gasteiger partial charge in [-0.1, -0.05) is 28.9 Å². The third-order valence-corrected chi connectivity index (χ3v) is 3.51. The molecule has 1 atom stereocenters. The lowest BCUT2D eigenvalue weighted by molar-refractivity contribution is 0.544. The van der Waals surface area contributed by atoms with E-state index >= 15 is 0 Å². The Bertz CT molecular complexity index is 519. The SMILES string of the molecule is CCCn1nccc1C(N)c1c(F)cccc1Br. The molecule has 0 saturated carbocycles. The number of nitrogens with two attached hydrogens (primary N) is 1. The first-order valence-electron chi connectivity index (χ1n) is 5.86. The van der Waals surface area contributed by atoms with Crippen LogP contribution in [-0.4, -0.2) is 9.78 Å². The topological polar surface area (TPSA) is 43.8 Å². The Balaban J connectivity index is 2.41. The Morgan fingerprint density at radius 2 is 2.22 bits per heavy atom. The average Bonchev–Trinajstić information content (AvgIpc) is 2.77. The molecule has 2 N–H and O–H groups in total. The van der Waals surface area contributed by atoms with Gasteiger partial charge in [0.05, 0.1) is 11.7 Å². The van der Waals surface area contributed by atoms with Gasteiger partial charge in [-0.05, 0) is 24.6 Å². The molecule has 1 aromatic heterocycles. The maximum atomic E-state index is 13.9. The van der Waals surface area contributed by atoms with Gasteiger partial charge in [0.1, 0.15) is 5.82 Å². The molecule has 18 heavy (non-hydrogen) atoms. The van der Waals surface area contributed by atoms with E-state index in [-0.39, 0.29) is 5.82 Å². The van der Waals surface area contributed by atoms with Crippen molar-refractivity contribution in [2.45, 2.75) is 25.9 Å². The van der Waals surface area contributed by atoms with E-state index in [1.165, 1.54) is 6.07 Å². The Morgan fingerprint density at radius 3 is 2.89 bits per heavy atom. The van der Waals surface area contributed by atoms with E-state index in [1.807, 2.05) is 10.7 Å². The summed E-state index contributed by atoms with van der Waals surface area (Å²) >= 11 is 3.35. The van der Waals surface area contributed by atoms with Crippen molar-refractivity contribution in [3.05, 3.63) is 52.0 Å². The molecule has 0 aliphatic heterocycles. The first-order valence-corrected chi connectivity index (χ1v) is 6.65. The molecule has 0 aliphatic carbocycles. The van der Waals surface area contributed by atoms with E-state index in [1.54, 1.807) is 18.3 Å². The Labute approximate surface area is 114 Å². The van der Waals surface area contributed by atoms with E-state index in [9.17, 15) is 4.39 Å². The monoisotopic (exact) mass is 311 g/mol. The normalized spacial score (nSPS) is 12.7. The van der Waals surface area contributed by atoms with Crippen molar-refractivity contribution in [2.24, 2.45) is 5.73 Å². The van der Waals surface area contributed by atoms with Crippen molar-refractivity contribution < 1.29 is 4.39 Å². The molecule has 2 rings (SSSR count). The van der Waals surface area contributed by atoms with Crippen molar-refractivity contribution in [2.75, 3.05) is 0 Å². The van der Waals surface area contributed by atoms with Crippen LogP contribution in [0.2, 0.25) is 0 Å². The van der Waals surface area contributed by atoms with Gasteiger partial charge in [0.15, 0.2) is 0 Å². The summed E-state index contributed by atoms with van der Waals surface area (Å²) in [6, 6.07) is 6.17. The minimum Gasteiger partial charge on any atom is -0.319 e. The van der Waals surface area contributed by atoms with Gasteiger partial charge >= 0.3 is 0 Å². The molecule has 1 unspecified atom stereocenters. The smallest absolute Gasteiger partial charge is 0.129 e. The second-order valence-electron chi connectivity index (χ2n) is 4.09. The fraction of sp³-hybridized carbons (Fsp3) is 0.308. The predicted octanol–water partition coefficient (Wildman–Crippen LogP) is 3.24. The molecule has 0 bridgehead atoms. The van der Waals surface area contributed by atoms with Gasteiger partial charge < -0.3 is 5.73 Å². The summed E-state index contributed by atoms with van der Waals surface area (Å²) in [4.78, 5) is 0. The summed E-state index contributed by atoms with van der Waals surface area (Å²) in [5.41, 5.74) is 7.45. The zero-order chi connectivity index (χ0) is 13.1. The minimum absolute atomic E-state index is 0.305. The van der Waals surface area contributed by atoms with Crippen LogP contribution in [0.3, 0.4) is 0 Å². The van der Waals surface area contributed by atoms with Crippen LogP contribution in [0.25, 0.3) is 0 Å². The molecule has 0 spiro atoms. The largest absolute Gasteiger partial charge is 0.319 e. The highest BCUT2D eigenvalue weighted by Crippen LogP contribution is 2.29. The third-order valence-electron chi connectivity index (χ3n) is 2.81. The maximum absolute atomic E-state index is 13.9. The first-order chi connectivity index (χ1) is 8.65. The standard InChI is InChI=1S/C13H15BrFN3/c1-2-8-18-11(6-7-17-18)13(16)12-9(14)4-3-5-10(12)15/h3-7,13H,2,8,16H2,1H3. The summed E-state index contributed by atoms with van der Waals surface area (Å²) < 4.78 is 16.4. The third kappa shape index (κ3) is 2.47. The van der Waals surface area contributed by atoms with Crippen LogP contribution >= 0.6 is 15.9 Å². The Kier molecular flexibility index (Phi) is 4.14. The van der Waals surface area contributed by atoms with E-state index < -0.39 is 6.04 Å². The average molecular weight is 312 g/mol. The zero-order valence-corrected chi connectivity index (χ0v) is 11.7. The fourth-order valence-corrected chi connectivity index (χ4v) is 2.55. The van der Waals surface area contributed by atoms with Crippen molar-refractivity contribution in [3.8, 4) is 0 Å². The van der Waals surface area contributed by atoms with Crippen LogP contribution in [0.4, 0.5) is 4.39 Å². The highest BCUT2D eigenvalue weighted by molar-refractivity contribution is 9.10. The fourth-order valence-electron chi connectivity index (χ4n) is 1.96. The van der Waals surface area contributed by atoms with Crippen molar-refractivity contribution >= 4 is 15.9 Å². The van der Waals surface area contributed by atoms with Crippen molar-refractivity contribution in [1.29, 1.82) is 0 Å². The second-order valence-corrected chi connectivity index (χ2v) is 4.95. The quantitative estimate of drug-likeness (QED) is 0.942. The molecule has 3 nitrogen and oxygen atoms in total. The molecule has 96 valence electrons. The second kappa shape index (κ2) is 5.63. The molecule has 1 heterocycles. The number of aromatic nitrogens is 2. The lowest BCUT2D eigenvalue weighted by atomic mass is 10.0. The van der Waals surface area contributed by atoms with E-state index in [2.05, 4.69) is 28.0 Å². The number of halogens is 2. The van der Waals surface area contributed by atoms with Gasteiger partial charge in [0, 0.05) is 22.8 Å². The molecule has 0 radical (unpaired) electrons. The highest BCUT2D eigenvalue weighted by Gasteiger charge is 2.19. The van der Waals surface area contributed by atoms with Gasteiger partial charge in [-0.25, -0.2) is 4.39 Å². The molecule has 0 aliphatic rings. The van der Waals surface area contributed by atoms with Crippen LogP contribution in [0, 0.1) is 5.82 Å². The molecule has 2 aromatic rings. The summed E-state index contributed by atoms with van der Waals surface area (Å²) in [7, 11) is 0. The lowest BCUT2D eigenvalue weighted by Gasteiger charge is -2.16. The van der Waals surface area contributed by atoms with Crippen LogP contribution in [0.1, 0.15) is 30.6 Å². The summed E-state index contributed by atoms with van der Waals surface area (Å²) in [5, 5.41) is 4.21. The molecule has 0 saturated heterocycles. The summed E-state index contributed by atoms with van der Waals surface area (Å²) in [5.74, 6) is -0.305. The zero-order valence-electron chi connectivity index (χ0n) is 10.1. The predicted molar refractivity (Wildman–Crippen MR) is 72.6 cm³/mol. The Hall–Kier alpha value is -1.20. The Morgan fingerprint density at radius 1 is 1.44 bits per heavy atom. The van der Waals surface area contributed by atoms with Gasteiger partial charge in [-0.3, -0.25) is 4.68 Å².